The van der Waals surface area contributed by atoms with Crippen LogP contribution in [-0.4, -0.2) is 48.4 Å². The highest BCUT2D eigenvalue weighted by Crippen LogP contribution is 2.48. The zero-order chi connectivity index (χ0) is 26.3. The van der Waals surface area contributed by atoms with Gasteiger partial charge in [-0.1, -0.05) is 88.3 Å². The standard InChI is InChI=1S/C24H46N3O2PS.C2H6/c1-20(2,12-19(28)29)14-23(7,8)31-24(9,10)15-21(3,4)16-27-13-18(25-26-27)22(5,6)17-30-11;1-2/h13,30H,12,14-17H2,1-11H3,(H,28,29);1-2H3. The number of carboxylic acid groups (broad SMARTS) is 1. The van der Waals surface area contributed by atoms with Crippen LogP contribution in [0.5, 0.6) is 0 Å². The van der Waals surface area contributed by atoms with Gasteiger partial charge in [-0.3, -0.25) is 9.48 Å². The lowest BCUT2D eigenvalue weighted by Crippen LogP contribution is -2.36. The van der Waals surface area contributed by atoms with Crippen molar-refractivity contribution < 1.29 is 9.90 Å². The summed E-state index contributed by atoms with van der Waals surface area (Å²) in [6.45, 7) is 29.4. The predicted molar refractivity (Wildman–Crippen MR) is 148 cm³/mol. The van der Waals surface area contributed by atoms with E-state index in [9.17, 15) is 9.90 Å². The number of aliphatic carboxylic acids is 1. The van der Waals surface area contributed by atoms with Gasteiger partial charge in [0.05, 0.1) is 12.1 Å². The molecule has 33 heavy (non-hydrogen) atoms. The fraction of sp³-hybridized carbons (Fsp3) is 0.885. The molecule has 5 nitrogen and oxygen atoms in total. The average molecular weight is 502 g/mol. The number of nitrogens with zero attached hydrogens (tertiary/aromatic N) is 3. The third kappa shape index (κ3) is 12.6. The first-order chi connectivity index (χ1) is 14.8. The summed E-state index contributed by atoms with van der Waals surface area (Å²) in [6.07, 6.45) is 5.35. The van der Waals surface area contributed by atoms with Gasteiger partial charge in [-0.05, 0) is 36.5 Å². The minimum absolute atomic E-state index is 0.0100. The number of aromatic nitrogens is 3. The van der Waals surface area contributed by atoms with E-state index in [-0.39, 0.29) is 32.2 Å². The molecule has 0 aliphatic carbocycles. The van der Waals surface area contributed by atoms with Crippen LogP contribution in [0.25, 0.3) is 0 Å². The van der Waals surface area contributed by atoms with Crippen molar-refractivity contribution in [1.82, 2.24) is 15.0 Å². The molecule has 0 aliphatic heterocycles. The summed E-state index contributed by atoms with van der Waals surface area (Å²) < 4.78 is 2.06. The monoisotopic (exact) mass is 501 g/mol. The zero-order valence-corrected chi connectivity index (χ0v) is 25.5. The number of hydrogen-bond donors (Lipinski definition) is 1. The zero-order valence-electron chi connectivity index (χ0n) is 23.7. The van der Waals surface area contributed by atoms with Crippen molar-refractivity contribution in [2.24, 2.45) is 10.8 Å². The van der Waals surface area contributed by atoms with E-state index in [1.807, 2.05) is 30.3 Å². The highest BCUT2D eigenvalue weighted by Gasteiger charge is 2.38. The summed E-state index contributed by atoms with van der Waals surface area (Å²) in [5, 5.41) is 18.1. The molecular weight excluding hydrogens is 449 g/mol. The van der Waals surface area contributed by atoms with Gasteiger partial charge in [0.1, 0.15) is 0 Å². The van der Waals surface area contributed by atoms with Gasteiger partial charge in [0.25, 0.3) is 0 Å². The molecule has 0 aliphatic rings. The average Bonchev–Trinajstić information content (AvgIpc) is 3.00. The minimum Gasteiger partial charge on any atom is -0.481 e. The van der Waals surface area contributed by atoms with E-state index in [1.165, 1.54) is 0 Å². The number of carbonyl (C=O) groups is 1. The van der Waals surface area contributed by atoms with E-state index in [2.05, 4.69) is 92.4 Å². The van der Waals surface area contributed by atoms with Crippen LogP contribution in [0, 0.1) is 10.8 Å². The third-order valence-electron chi connectivity index (χ3n) is 5.43. The summed E-state index contributed by atoms with van der Waals surface area (Å²) >= 11 is 1.97. The molecule has 0 saturated heterocycles. The Labute approximate surface area is 210 Å². The van der Waals surface area contributed by atoms with Gasteiger partial charge in [0.15, 0.2) is 0 Å². The lowest BCUT2D eigenvalue weighted by molar-refractivity contribution is -0.139. The van der Waals surface area contributed by atoms with Crippen LogP contribution in [0.1, 0.15) is 108 Å². The molecule has 1 aromatic rings. The van der Waals surface area contributed by atoms with Crippen molar-refractivity contribution in [1.29, 1.82) is 0 Å². The van der Waals surface area contributed by atoms with Gasteiger partial charge in [0, 0.05) is 27.7 Å². The molecule has 1 N–H and O–H groups in total. The van der Waals surface area contributed by atoms with E-state index in [4.69, 9.17) is 0 Å². The van der Waals surface area contributed by atoms with Crippen LogP contribution in [0.15, 0.2) is 6.20 Å². The Morgan fingerprint density at radius 2 is 1.45 bits per heavy atom. The molecule has 1 unspecified atom stereocenters. The van der Waals surface area contributed by atoms with Crippen LogP contribution in [-0.2, 0) is 16.8 Å². The van der Waals surface area contributed by atoms with Crippen LogP contribution in [0.2, 0.25) is 0 Å². The van der Waals surface area contributed by atoms with Gasteiger partial charge in [-0.15, -0.1) is 25.4 Å². The largest absolute Gasteiger partial charge is 0.481 e. The number of hydrogen-bond acceptors (Lipinski definition) is 4. The lowest BCUT2D eigenvalue weighted by Gasteiger charge is -2.42. The van der Waals surface area contributed by atoms with E-state index < -0.39 is 5.97 Å². The lowest BCUT2D eigenvalue weighted by atomic mass is 9.81. The first-order valence-electron chi connectivity index (χ1n) is 12.3. The van der Waals surface area contributed by atoms with E-state index >= 15 is 0 Å². The van der Waals surface area contributed by atoms with E-state index in [0.29, 0.717) is 0 Å². The summed E-state index contributed by atoms with van der Waals surface area (Å²) in [6, 6.07) is 0. The van der Waals surface area contributed by atoms with Crippen molar-refractivity contribution >= 4 is 26.3 Å². The molecule has 1 aromatic heterocycles. The van der Waals surface area contributed by atoms with Crippen LogP contribution < -0.4 is 0 Å². The first-order valence-corrected chi connectivity index (χ1v) is 14.8. The second-order valence-corrected chi connectivity index (χ2v) is 16.1. The van der Waals surface area contributed by atoms with Crippen molar-refractivity contribution in [3.63, 3.8) is 0 Å². The van der Waals surface area contributed by atoms with Gasteiger partial charge < -0.3 is 5.11 Å². The first kappa shape index (κ1) is 32.4. The molecular formula is C26H52N3O2PS. The second-order valence-electron chi connectivity index (χ2n) is 12.6. The molecule has 1 heterocycles. The Hall–Kier alpha value is -0.610. The van der Waals surface area contributed by atoms with Gasteiger partial charge >= 0.3 is 5.97 Å². The van der Waals surface area contributed by atoms with Crippen molar-refractivity contribution in [3.05, 3.63) is 11.9 Å². The van der Waals surface area contributed by atoms with Gasteiger partial charge in [-0.25, -0.2) is 0 Å². The Balaban J connectivity index is 0.00000497. The maximum atomic E-state index is 11.2. The van der Waals surface area contributed by atoms with Crippen molar-refractivity contribution in [2.45, 2.75) is 124 Å². The Morgan fingerprint density at radius 1 is 0.970 bits per heavy atom. The van der Waals surface area contributed by atoms with Gasteiger partial charge in [0.2, 0.25) is 0 Å². The van der Waals surface area contributed by atoms with Crippen LogP contribution in [0.4, 0.5) is 0 Å². The Morgan fingerprint density at radius 3 is 1.91 bits per heavy atom. The fourth-order valence-electron chi connectivity index (χ4n) is 5.31. The molecule has 0 radical (unpaired) electrons. The molecule has 0 bridgehead atoms. The summed E-state index contributed by atoms with van der Waals surface area (Å²) in [7, 11) is 0.902. The number of thioether (sulfide) groups is 1. The summed E-state index contributed by atoms with van der Waals surface area (Å²) in [5.41, 5.74) is 0.979. The molecule has 0 saturated carbocycles. The predicted octanol–water partition coefficient (Wildman–Crippen LogP) is 7.49. The molecule has 0 aromatic carbocycles. The Kier molecular flexibility index (Phi) is 12.2. The smallest absolute Gasteiger partial charge is 0.303 e. The van der Waals surface area contributed by atoms with E-state index in [0.717, 1.165) is 39.8 Å². The topological polar surface area (TPSA) is 68.0 Å². The number of carboxylic acids is 1. The highest BCUT2D eigenvalue weighted by molar-refractivity contribution is 8.01. The highest BCUT2D eigenvalue weighted by atomic mass is 32.2. The maximum absolute atomic E-state index is 11.2. The molecule has 0 amide bonds. The second kappa shape index (κ2) is 12.4. The maximum Gasteiger partial charge on any atom is 0.303 e. The third-order valence-corrected chi connectivity index (χ3v) is 8.06. The number of rotatable bonds is 13. The van der Waals surface area contributed by atoms with Gasteiger partial charge in [-0.2, -0.15) is 0 Å². The summed E-state index contributed by atoms with van der Waals surface area (Å²) in [4.78, 5) is 11.2. The van der Waals surface area contributed by atoms with E-state index in [1.54, 1.807) is 0 Å². The summed E-state index contributed by atoms with van der Waals surface area (Å²) in [5.74, 6) is -0.721. The normalized spacial score (nSPS) is 13.8. The fourth-order valence-corrected chi connectivity index (χ4v) is 8.80. The molecule has 7 heteroatoms. The quantitative estimate of drug-likeness (QED) is 0.284. The Bertz CT molecular complexity index is 740. The van der Waals surface area contributed by atoms with Crippen molar-refractivity contribution in [3.8, 4) is 0 Å². The molecule has 194 valence electrons. The molecule has 1 atom stereocenters. The molecule has 0 spiro atoms. The minimum atomic E-state index is -0.721. The molecule has 1 rings (SSSR count). The van der Waals surface area contributed by atoms with Crippen molar-refractivity contribution in [2.75, 3.05) is 12.8 Å². The molecule has 0 fully saturated rings. The van der Waals surface area contributed by atoms with Crippen LogP contribution >= 0.6 is 20.3 Å². The SMILES string of the molecule is CC.CPCC(C)(C)c1cn(CC(C)(C)CC(C)(C)SC(C)(C)CC(C)(C)CC(=O)O)nn1. The van der Waals surface area contributed by atoms with Crippen LogP contribution in [0.3, 0.4) is 0 Å².